The number of aliphatic hydroxyl groups excluding tert-OH is 1. The second-order valence-electron chi connectivity index (χ2n) is 2.99. The molecule has 4 nitrogen and oxygen atoms in total. The molecule has 1 aromatic rings. The summed E-state index contributed by atoms with van der Waals surface area (Å²) < 4.78 is 9.75. The van der Waals surface area contributed by atoms with Gasteiger partial charge in [-0.15, -0.1) is 0 Å². The predicted octanol–water partition coefficient (Wildman–Crippen LogP) is 1.24. The monoisotopic (exact) mass is 222 g/mol. The number of carbonyl (C=O) groups excluding carboxylic acids is 1. The first-order valence-corrected chi connectivity index (χ1v) is 4.84. The molecule has 0 fully saturated rings. The number of esters is 1. The molecule has 4 heteroatoms. The largest absolute Gasteiger partial charge is 0.481 e. The molecule has 0 saturated heterocycles. The maximum atomic E-state index is 10.9. The van der Waals surface area contributed by atoms with Gasteiger partial charge in [-0.3, -0.25) is 0 Å². The first-order valence-electron chi connectivity index (χ1n) is 4.84. The summed E-state index contributed by atoms with van der Waals surface area (Å²) in [6.07, 6.45) is 3.33. The third-order valence-corrected chi connectivity index (χ3v) is 1.90. The maximum Gasteiger partial charge on any atom is 0.343 e. The molecule has 0 amide bonds. The Balaban J connectivity index is 2.71. The van der Waals surface area contributed by atoms with Crippen LogP contribution in [0.2, 0.25) is 0 Å². The number of hydrogen-bond donors (Lipinski definition) is 1. The number of hydrogen-bond acceptors (Lipinski definition) is 4. The Hall–Kier alpha value is -1.81. The van der Waals surface area contributed by atoms with E-state index in [0.717, 1.165) is 5.56 Å². The molecule has 0 spiro atoms. The van der Waals surface area contributed by atoms with Crippen molar-refractivity contribution in [2.75, 3.05) is 20.3 Å². The highest BCUT2D eigenvalue weighted by molar-refractivity contribution is 5.71. The van der Waals surface area contributed by atoms with Crippen molar-refractivity contribution in [3.8, 4) is 5.75 Å². The minimum atomic E-state index is -0.430. The van der Waals surface area contributed by atoms with Gasteiger partial charge in [0.25, 0.3) is 0 Å². The van der Waals surface area contributed by atoms with Crippen molar-refractivity contribution in [2.45, 2.75) is 0 Å². The third kappa shape index (κ3) is 3.74. The second-order valence-corrected chi connectivity index (χ2v) is 2.99. The van der Waals surface area contributed by atoms with Gasteiger partial charge in [-0.1, -0.05) is 30.4 Å². The zero-order valence-electron chi connectivity index (χ0n) is 9.05. The summed E-state index contributed by atoms with van der Waals surface area (Å²) in [7, 11) is 1.31. The number of aliphatic hydroxyl groups is 1. The van der Waals surface area contributed by atoms with Crippen molar-refractivity contribution < 1.29 is 19.4 Å². The minimum Gasteiger partial charge on any atom is -0.481 e. The zero-order valence-corrected chi connectivity index (χ0v) is 9.05. The summed E-state index contributed by atoms with van der Waals surface area (Å²) in [4.78, 5) is 10.9. The van der Waals surface area contributed by atoms with E-state index in [9.17, 15) is 4.79 Å². The SMILES string of the molecule is COC(=O)COc1ccccc1C=CCO. The Labute approximate surface area is 94.1 Å². The number of carbonyl (C=O) groups is 1. The molecule has 0 atom stereocenters. The van der Waals surface area contributed by atoms with Crippen LogP contribution in [0.15, 0.2) is 30.3 Å². The molecule has 0 saturated carbocycles. The van der Waals surface area contributed by atoms with E-state index in [1.54, 1.807) is 18.2 Å². The molecule has 86 valence electrons. The lowest BCUT2D eigenvalue weighted by Gasteiger charge is -2.07. The Morgan fingerprint density at radius 3 is 2.88 bits per heavy atom. The standard InChI is InChI=1S/C12H14O4/c1-15-12(14)9-16-11-7-3-2-5-10(11)6-4-8-13/h2-7,13H,8-9H2,1H3. The fourth-order valence-corrected chi connectivity index (χ4v) is 1.12. The van der Waals surface area contributed by atoms with Crippen LogP contribution in [-0.4, -0.2) is 31.4 Å². The van der Waals surface area contributed by atoms with Gasteiger partial charge in [0.2, 0.25) is 0 Å². The minimum absolute atomic E-state index is 0.0364. The lowest BCUT2D eigenvalue weighted by molar-refractivity contribution is -0.142. The Bertz CT molecular complexity index is 371. The summed E-state index contributed by atoms with van der Waals surface area (Å²) in [5, 5.41) is 8.67. The highest BCUT2D eigenvalue weighted by Gasteiger charge is 2.04. The summed E-state index contributed by atoms with van der Waals surface area (Å²) in [6, 6.07) is 7.24. The van der Waals surface area contributed by atoms with Crippen LogP contribution in [0.25, 0.3) is 6.08 Å². The topological polar surface area (TPSA) is 55.8 Å². The van der Waals surface area contributed by atoms with E-state index < -0.39 is 5.97 Å². The van der Waals surface area contributed by atoms with Crippen molar-refractivity contribution in [1.82, 2.24) is 0 Å². The van der Waals surface area contributed by atoms with Gasteiger partial charge >= 0.3 is 5.97 Å². The summed E-state index contributed by atoms with van der Waals surface area (Å²) in [5.41, 5.74) is 0.806. The smallest absolute Gasteiger partial charge is 0.343 e. The molecule has 0 radical (unpaired) electrons. The van der Waals surface area contributed by atoms with E-state index in [1.807, 2.05) is 18.2 Å². The van der Waals surface area contributed by atoms with E-state index in [4.69, 9.17) is 9.84 Å². The Morgan fingerprint density at radius 1 is 1.44 bits per heavy atom. The number of benzene rings is 1. The average Bonchev–Trinajstić information content (AvgIpc) is 2.34. The zero-order chi connectivity index (χ0) is 11.8. The first kappa shape index (κ1) is 12.3. The van der Waals surface area contributed by atoms with Gasteiger partial charge < -0.3 is 14.6 Å². The summed E-state index contributed by atoms with van der Waals surface area (Å²) in [5.74, 6) is 0.151. The van der Waals surface area contributed by atoms with E-state index in [-0.39, 0.29) is 13.2 Å². The molecule has 0 aromatic heterocycles. The normalized spacial score (nSPS) is 10.4. The van der Waals surface area contributed by atoms with Gasteiger partial charge in [-0.2, -0.15) is 0 Å². The molecule has 1 N–H and O–H groups in total. The highest BCUT2D eigenvalue weighted by atomic mass is 16.6. The van der Waals surface area contributed by atoms with Crippen molar-refractivity contribution in [2.24, 2.45) is 0 Å². The Morgan fingerprint density at radius 2 is 2.19 bits per heavy atom. The lowest BCUT2D eigenvalue weighted by Crippen LogP contribution is -2.12. The molecule has 0 unspecified atom stereocenters. The van der Waals surface area contributed by atoms with Crippen LogP contribution >= 0.6 is 0 Å². The van der Waals surface area contributed by atoms with E-state index in [2.05, 4.69) is 4.74 Å². The molecule has 1 aromatic carbocycles. The second kappa shape index (κ2) is 6.63. The van der Waals surface area contributed by atoms with Crippen LogP contribution in [0.5, 0.6) is 5.75 Å². The molecular weight excluding hydrogens is 208 g/mol. The van der Waals surface area contributed by atoms with E-state index >= 15 is 0 Å². The molecule has 0 aliphatic carbocycles. The molecule has 16 heavy (non-hydrogen) atoms. The van der Waals surface area contributed by atoms with Crippen molar-refractivity contribution in [1.29, 1.82) is 0 Å². The van der Waals surface area contributed by atoms with Crippen LogP contribution < -0.4 is 4.74 Å². The number of methoxy groups -OCH3 is 1. The summed E-state index contributed by atoms with van der Waals surface area (Å²) in [6.45, 7) is -0.161. The van der Waals surface area contributed by atoms with Crippen molar-refractivity contribution in [3.05, 3.63) is 35.9 Å². The molecule has 0 aliphatic rings. The number of ether oxygens (including phenoxy) is 2. The average molecular weight is 222 g/mol. The van der Waals surface area contributed by atoms with Gasteiger partial charge in [0.05, 0.1) is 13.7 Å². The van der Waals surface area contributed by atoms with Gasteiger partial charge in [0.1, 0.15) is 5.75 Å². The van der Waals surface area contributed by atoms with Gasteiger partial charge in [0.15, 0.2) is 6.61 Å². The van der Waals surface area contributed by atoms with Crippen molar-refractivity contribution in [3.63, 3.8) is 0 Å². The lowest BCUT2D eigenvalue weighted by atomic mass is 10.2. The fourth-order valence-electron chi connectivity index (χ4n) is 1.12. The quantitative estimate of drug-likeness (QED) is 0.762. The van der Waals surface area contributed by atoms with E-state index in [1.165, 1.54) is 7.11 Å². The first-order chi connectivity index (χ1) is 7.77. The molecule has 1 rings (SSSR count). The molecule has 0 aliphatic heterocycles. The van der Waals surface area contributed by atoms with Crippen LogP contribution in [0.3, 0.4) is 0 Å². The highest BCUT2D eigenvalue weighted by Crippen LogP contribution is 2.19. The third-order valence-electron chi connectivity index (χ3n) is 1.90. The molecule has 0 bridgehead atoms. The van der Waals surface area contributed by atoms with Crippen LogP contribution in [0, 0.1) is 0 Å². The Kier molecular flexibility index (Phi) is 5.08. The molecular formula is C12H14O4. The molecule has 0 heterocycles. The van der Waals surface area contributed by atoms with Crippen LogP contribution in [-0.2, 0) is 9.53 Å². The van der Waals surface area contributed by atoms with E-state index in [0.29, 0.717) is 5.75 Å². The van der Waals surface area contributed by atoms with Gasteiger partial charge in [-0.25, -0.2) is 4.79 Å². The van der Waals surface area contributed by atoms with Crippen molar-refractivity contribution >= 4 is 12.0 Å². The predicted molar refractivity (Wildman–Crippen MR) is 60.1 cm³/mol. The van der Waals surface area contributed by atoms with Gasteiger partial charge in [-0.05, 0) is 6.07 Å². The fraction of sp³-hybridized carbons (Fsp3) is 0.250. The maximum absolute atomic E-state index is 10.9. The van der Waals surface area contributed by atoms with Gasteiger partial charge in [0, 0.05) is 5.56 Å². The number of rotatable bonds is 5. The summed E-state index contributed by atoms with van der Waals surface area (Å²) >= 11 is 0. The van der Waals surface area contributed by atoms with Crippen LogP contribution in [0.4, 0.5) is 0 Å². The van der Waals surface area contributed by atoms with Crippen LogP contribution in [0.1, 0.15) is 5.56 Å². The number of para-hydroxylation sites is 1.